The summed E-state index contributed by atoms with van der Waals surface area (Å²) in [6, 6.07) is 2.86. The maximum Gasteiger partial charge on any atom is 0.124 e. The van der Waals surface area contributed by atoms with Crippen molar-refractivity contribution in [1.29, 1.82) is 0 Å². The zero-order chi connectivity index (χ0) is 6.85. The predicted octanol–water partition coefficient (Wildman–Crippen LogP) is 1.83. The van der Waals surface area contributed by atoms with E-state index in [0.717, 1.165) is 8.17 Å². The van der Waals surface area contributed by atoms with Crippen LogP contribution in [0.4, 0.5) is 5.69 Å². The summed E-state index contributed by atoms with van der Waals surface area (Å²) in [5, 5.41) is 0. The fourth-order valence-electron chi connectivity index (χ4n) is 0.395. The Morgan fingerprint density at radius 2 is 2.44 bits per heavy atom. The molecule has 4 heteroatoms. The van der Waals surface area contributed by atoms with E-state index in [1.807, 2.05) is 0 Å². The maximum absolute atomic E-state index is 5.47. The summed E-state index contributed by atoms with van der Waals surface area (Å²) >= 11 is 5.25. The van der Waals surface area contributed by atoms with Crippen molar-refractivity contribution in [3.63, 3.8) is 0 Å². The molecule has 0 amide bonds. The van der Waals surface area contributed by atoms with Crippen molar-refractivity contribution < 1.29 is 0 Å². The van der Waals surface area contributed by atoms with Crippen LogP contribution in [0.2, 0.25) is 0 Å². The van der Waals surface area contributed by atoms with E-state index >= 15 is 0 Å². The van der Waals surface area contributed by atoms with Crippen LogP contribution in [0.3, 0.4) is 0 Å². The molecule has 2 N–H and O–H groups in total. The molecule has 1 heterocycles. The zero-order valence-corrected chi connectivity index (χ0v) is 8.10. The van der Waals surface area contributed by atoms with E-state index in [9.17, 15) is 0 Å². The molecule has 0 fully saturated rings. The molecule has 2 nitrogen and oxygen atoms in total. The fraction of sp³-hybridized carbons (Fsp3) is 0. The van der Waals surface area contributed by atoms with Crippen molar-refractivity contribution in [2.75, 3.05) is 5.73 Å². The molecule has 0 aliphatic carbocycles. The molecule has 1 aromatic rings. The molecule has 1 aromatic heterocycles. The van der Waals surface area contributed by atoms with Crippen LogP contribution in [0.15, 0.2) is 10.7 Å². The lowest BCUT2D eigenvalue weighted by Crippen LogP contribution is -1.91. The van der Waals surface area contributed by atoms with Crippen molar-refractivity contribution in [2.45, 2.75) is 0 Å². The number of halogens is 2. The normalized spacial score (nSPS) is 9.56. The van der Waals surface area contributed by atoms with E-state index in [1.54, 1.807) is 6.20 Å². The number of aromatic nitrogens is 1. The minimum absolute atomic E-state index is 0.588. The summed E-state index contributed by atoms with van der Waals surface area (Å²) in [5.74, 6) is 0. The molecule has 0 aromatic carbocycles. The molecule has 0 aliphatic rings. The van der Waals surface area contributed by atoms with Gasteiger partial charge in [0.15, 0.2) is 0 Å². The Labute approximate surface area is 75.1 Å². The van der Waals surface area contributed by atoms with Gasteiger partial charge in [-0.25, -0.2) is 4.98 Å². The first kappa shape index (κ1) is 7.27. The number of nitrogens with zero attached hydrogens (tertiary/aromatic N) is 1. The molecule has 9 heavy (non-hydrogen) atoms. The third-order valence-electron chi connectivity index (χ3n) is 0.768. The lowest BCUT2D eigenvalue weighted by molar-refractivity contribution is 1.26. The number of nitrogen functional groups attached to an aromatic ring is 1. The fourth-order valence-corrected chi connectivity index (χ4v) is 0.985. The van der Waals surface area contributed by atoms with Crippen LogP contribution < -0.4 is 5.73 Å². The summed E-state index contributed by atoms with van der Waals surface area (Å²) in [6.45, 7) is 0. The van der Waals surface area contributed by atoms with Gasteiger partial charge in [0.2, 0.25) is 0 Å². The Morgan fingerprint density at radius 1 is 1.78 bits per heavy atom. The average Bonchev–Trinajstić information content (AvgIpc) is 1.80. The highest BCUT2D eigenvalue weighted by molar-refractivity contribution is 14.1. The monoisotopic (exact) mass is 297 g/mol. The maximum atomic E-state index is 5.47. The van der Waals surface area contributed by atoms with Gasteiger partial charge < -0.3 is 5.73 Å². The van der Waals surface area contributed by atoms with Crippen LogP contribution in [-0.4, -0.2) is 4.98 Å². The van der Waals surface area contributed by atoms with E-state index in [0.29, 0.717) is 5.69 Å². The third kappa shape index (κ3) is 1.79. The largest absolute Gasteiger partial charge is 0.396 e. The molecular formula is C5H3BrIN2. The zero-order valence-electron chi connectivity index (χ0n) is 4.36. The van der Waals surface area contributed by atoms with Crippen LogP contribution in [0.25, 0.3) is 0 Å². The first-order chi connectivity index (χ1) is 4.20. The highest BCUT2D eigenvalue weighted by atomic mass is 127. The minimum Gasteiger partial charge on any atom is -0.396 e. The van der Waals surface area contributed by atoms with Gasteiger partial charge in [-0.3, -0.25) is 0 Å². The molecule has 0 atom stereocenters. The first-order valence-corrected chi connectivity index (χ1v) is 4.06. The van der Waals surface area contributed by atoms with E-state index in [-0.39, 0.29) is 0 Å². The number of rotatable bonds is 0. The minimum atomic E-state index is 0.588. The molecule has 0 saturated heterocycles. The topological polar surface area (TPSA) is 38.9 Å². The number of hydrogen-bond donors (Lipinski definition) is 1. The van der Waals surface area contributed by atoms with Crippen LogP contribution >= 0.6 is 38.5 Å². The molecular weight excluding hydrogens is 295 g/mol. The second kappa shape index (κ2) is 2.83. The van der Waals surface area contributed by atoms with Gasteiger partial charge >= 0.3 is 0 Å². The van der Waals surface area contributed by atoms with Gasteiger partial charge in [-0.05, 0) is 38.5 Å². The smallest absolute Gasteiger partial charge is 0.124 e. The summed E-state index contributed by atoms with van der Waals surface area (Å²) in [6.07, 6.45) is 1.66. The molecule has 0 spiro atoms. The van der Waals surface area contributed by atoms with Crippen molar-refractivity contribution >= 4 is 44.2 Å². The lowest BCUT2D eigenvalue weighted by Gasteiger charge is -1.93. The molecule has 47 valence electrons. The standard InChI is InChI=1S/C5H3BrIN2/c6-3-1-4(8)5(7)9-2-3/h2H,8H2. The van der Waals surface area contributed by atoms with Crippen molar-refractivity contribution in [3.8, 4) is 0 Å². The quantitative estimate of drug-likeness (QED) is 0.586. The van der Waals surface area contributed by atoms with Crippen molar-refractivity contribution in [1.82, 2.24) is 4.98 Å². The third-order valence-corrected chi connectivity index (χ3v) is 2.03. The number of nitrogens with two attached hydrogens (primary N) is 1. The van der Waals surface area contributed by atoms with Gasteiger partial charge in [0.1, 0.15) is 3.70 Å². The van der Waals surface area contributed by atoms with Gasteiger partial charge in [-0.1, -0.05) is 0 Å². The first-order valence-electron chi connectivity index (χ1n) is 2.19. The molecule has 1 rings (SSSR count). The summed E-state index contributed by atoms with van der Waals surface area (Å²) < 4.78 is 1.58. The highest BCUT2D eigenvalue weighted by Crippen LogP contribution is 2.15. The van der Waals surface area contributed by atoms with Crippen molar-refractivity contribution in [3.05, 3.63) is 20.4 Å². The van der Waals surface area contributed by atoms with Gasteiger partial charge in [0, 0.05) is 16.7 Å². The Kier molecular flexibility index (Phi) is 2.29. The number of anilines is 1. The van der Waals surface area contributed by atoms with Crippen LogP contribution in [0.1, 0.15) is 0 Å². The van der Waals surface area contributed by atoms with Gasteiger partial charge in [0.25, 0.3) is 0 Å². The molecule has 1 radical (unpaired) electrons. The molecule has 0 bridgehead atoms. The lowest BCUT2D eigenvalue weighted by atomic mass is 10.4. The Hall–Kier alpha value is 0.160. The number of hydrogen-bond acceptors (Lipinski definition) is 2. The summed E-state index contributed by atoms with van der Waals surface area (Å²) in [5.41, 5.74) is 6.05. The average molecular weight is 298 g/mol. The summed E-state index contributed by atoms with van der Waals surface area (Å²) in [4.78, 5) is 3.96. The highest BCUT2D eigenvalue weighted by Gasteiger charge is 1.95. The Balaban J connectivity index is 3.17. The SMILES string of the molecule is Nc1[c]c(Br)cnc1I. The van der Waals surface area contributed by atoms with Gasteiger partial charge in [-0.2, -0.15) is 0 Å². The number of pyridine rings is 1. The van der Waals surface area contributed by atoms with Crippen LogP contribution in [-0.2, 0) is 0 Å². The second-order valence-electron chi connectivity index (χ2n) is 1.44. The van der Waals surface area contributed by atoms with E-state index in [4.69, 9.17) is 5.73 Å². The van der Waals surface area contributed by atoms with Crippen molar-refractivity contribution in [2.24, 2.45) is 0 Å². The summed E-state index contributed by atoms with van der Waals surface area (Å²) in [7, 11) is 0. The predicted molar refractivity (Wildman–Crippen MR) is 47.9 cm³/mol. The van der Waals surface area contributed by atoms with Gasteiger partial charge in [0.05, 0.1) is 5.69 Å². The van der Waals surface area contributed by atoms with Gasteiger partial charge in [-0.15, -0.1) is 0 Å². The van der Waals surface area contributed by atoms with E-state index in [1.165, 1.54) is 0 Å². The van der Waals surface area contributed by atoms with Crippen LogP contribution in [0.5, 0.6) is 0 Å². The van der Waals surface area contributed by atoms with E-state index < -0.39 is 0 Å². The van der Waals surface area contributed by atoms with E-state index in [2.05, 4.69) is 49.6 Å². The molecule has 0 aliphatic heterocycles. The molecule has 0 unspecified atom stereocenters. The van der Waals surface area contributed by atoms with Crippen LogP contribution in [0, 0.1) is 9.77 Å². The Bertz CT molecular complexity index is 226. The Morgan fingerprint density at radius 3 is 2.89 bits per heavy atom. The molecule has 0 saturated carbocycles. The second-order valence-corrected chi connectivity index (χ2v) is 3.31.